The van der Waals surface area contributed by atoms with Crippen LogP contribution >= 0.6 is 0 Å². The van der Waals surface area contributed by atoms with Gasteiger partial charge in [-0.05, 0) is 37.1 Å². The van der Waals surface area contributed by atoms with E-state index < -0.39 is 17.8 Å². The Balaban J connectivity index is 1.54. The molecule has 2 aromatic carbocycles. The van der Waals surface area contributed by atoms with Gasteiger partial charge in [0.1, 0.15) is 0 Å². The summed E-state index contributed by atoms with van der Waals surface area (Å²) in [5, 5.41) is 2.68. The first-order valence-corrected chi connectivity index (χ1v) is 9.39. The third-order valence-electron chi connectivity index (χ3n) is 4.80. The van der Waals surface area contributed by atoms with Gasteiger partial charge in [0.2, 0.25) is 5.91 Å². The van der Waals surface area contributed by atoms with Gasteiger partial charge in [0.05, 0.1) is 5.92 Å². The Morgan fingerprint density at radius 1 is 1.14 bits per heavy atom. The maximum absolute atomic E-state index is 12.4. The molecule has 28 heavy (non-hydrogen) atoms. The van der Waals surface area contributed by atoms with E-state index in [1.807, 2.05) is 50.2 Å². The molecule has 1 N–H and O–H groups in total. The number of rotatable bonds is 6. The van der Waals surface area contributed by atoms with Gasteiger partial charge in [-0.25, -0.2) is 0 Å². The van der Waals surface area contributed by atoms with Gasteiger partial charge < -0.3 is 15.0 Å². The Hall–Kier alpha value is -3.15. The number of carbonyl (C=O) groups is 3. The molecule has 1 saturated heterocycles. The van der Waals surface area contributed by atoms with Crippen LogP contribution in [-0.2, 0) is 25.5 Å². The maximum atomic E-state index is 12.4. The Kier molecular flexibility index (Phi) is 6.09. The van der Waals surface area contributed by atoms with Crippen LogP contribution in [0.1, 0.15) is 24.5 Å². The van der Waals surface area contributed by atoms with Crippen molar-refractivity contribution in [3.05, 3.63) is 59.7 Å². The number of carbonyl (C=O) groups excluding carboxylic acids is 3. The number of nitrogens with zero attached hydrogens (tertiary/aromatic N) is 1. The average Bonchev–Trinajstić information content (AvgIpc) is 3.09. The van der Waals surface area contributed by atoms with E-state index in [9.17, 15) is 14.4 Å². The summed E-state index contributed by atoms with van der Waals surface area (Å²) < 4.78 is 5.14. The van der Waals surface area contributed by atoms with E-state index in [-0.39, 0.29) is 25.5 Å². The summed E-state index contributed by atoms with van der Waals surface area (Å²) in [5.74, 6) is -1.60. The summed E-state index contributed by atoms with van der Waals surface area (Å²) in [6.45, 7) is 3.88. The molecular formula is C22H24N2O4. The van der Waals surface area contributed by atoms with E-state index in [4.69, 9.17) is 4.74 Å². The van der Waals surface area contributed by atoms with E-state index >= 15 is 0 Å². The van der Waals surface area contributed by atoms with Crippen LogP contribution in [0.3, 0.4) is 0 Å². The zero-order chi connectivity index (χ0) is 20.1. The van der Waals surface area contributed by atoms with Crippen LogP contribution < -0.4 is 10.2 Å². The minimum absolute atomic E-state index is 0.0937. The molecular weight excluding hydrogens is 356 g/mol. The fourth-order valence-electron chi connectivity index (χ4n) is 3.26. The number of benzene rings is 2. The number of hydrogen-bond donors (Lipinski definition) is 1. The van der Waals surface area contributed by atoms with Gasteiger partial charge >= 0.3 is 5.97 Å². The molecule has 0 spiro atoms. The quantitative estimate of drug-likeness (QED) is 0.782. The second-order valence-corrected chi connectivity index (χ2v) is 6.91. The molecule has 0 unspecified atom stereocenters. The van der Waals surface area contributed by atoms with Crippen molar-refractivity contribution in [2.75, 3.05) is 23.4 Å². The Morgan fingerprint density at radius 2 is 1.86 bits per heavy atom. The molecule has 1 fully saturated rings. The van der Waals surface area contributed by atoms with Crippen LogP contribution in [-0.4, -0.2) is 30.9 Å². The van der Waals surface area contributed by atoms with Gasteiger partial charge in [0, 0.05) is 24.3 Å². The predicted octanol–water partition coefficient (Wildman–Crippen LogP) is 3.09. The second-order valence-electron chi connectivity index (χ2n) is 6.91. The lowest BCUT2D eigenvalue weighted by molar-refractivity contribution is -0.151. The first-order chi connectivity index (χ1) is 13.5. The number of ether oxygens (including phenoxy) is 1. The standard InChI is InChI=1S/C22H24N2O4/c1-3-16-6-4-5-7-19(16)24-13-17(12-21(24)26)22(27)28-14-20(25)23-18-10-8-15(2)9-11-18/h4-11,17H,3,12-14H2,1-2H3,(H,23,25)/t17-/m0/s1. The molecule has 0 aromatic heterocycles. The molecule has 2 aromatic rings. The minimum atomic E-state index is -0.565. The van der Waals surface area contributed by atoms with E-state index in [0.717, 1.165) is 23.2 Å². The number of hydrogen-bond acceptors (Lipinski definition) is 4. The largest absolute Gasteiger partial charge is 0.455 e. The monoisotopic (exact) mass is 380 g/mol. The van der Waals surface area contributed by atoms with Crippen LogP contribution in [0.25, 0.3) is 0 Å². The van der Waals surface area contributed by atoms with Gasteiger partial charge in [-0.2, -0.15) is 0 Å². The molecule has 0 bridgehead atoms. The van der Waals surface area contributed by atoms with Gasteiger partial charge in [-0.3, -0.25) is 14.4 Å². The normalized spacial score (nSPS) is 16.1. The van der Waals surface area contributed by atoms with Crippen molar-refractivity contribution in [2.24, 2.45) is 5.92 Å². The lowest BCUT2D eigenvalue weighted by atomic mass is 10.1. The smallest absolute Gasteiger partial charge is 0.311 e. The molecule has 1 aliphatic heterocycles. The van der Waals surface area contributed by atoms with Crippen molar-refractivity contribution in [1.29, 1.82) is 0 Å². The Labute approximate surface area is 164 Å². The lowest BCUT2D eigenvalue weighted by Crippen LogP contribution is -2.28. The molecule has 3 rings (SSSR count). The Bertz CT molecular complexity index is 876. The molecule has 0 saturated carbocycles. The summed E-state index contributed by atoms with van der Waals surface area (Å²) in [7, 11) is 0. The number of aryl methyl sites for hydroxylation is 2. The first kappa shape index (κ1) is 19.6. The maximum Gasteiger partial charge on any atom is 0.311 e. The Morgan fingerprint density at radius 3 is 2.57 bits per heavy atom. The van der Waals surface area contributed by atoms with Crippen molar-refractivity contribution in [3.8, 4) is 0 Å². The van der Waals surface area contributed by atoms with Crippen LogP contribution in [0.4, 0.5) is 11.4 Å². The summed E-state index contributed by atoms with van der Waals surface area (Å²) in [5.41, 5.74) is 3.62. The number of nitrogens with one attached hydrogen (secondary N) is 1. The van der Waals surface area contributed by atoms with E-state index in [0.29, 0.717) is 5.69 Å². The summed E-state index contributed by atoms with van der Waals surface area (Å²) in [4.78, 5) is 38.4. The molecule has 1 atom stereocenters. The van der Waals surface area contributed by atoms with Gasteiger partial charge in [0.15, 0.2) is 6.61 Å². The fraction of sp³-hybridized carbons (Fsp3) is 0.318. The third kappa shape index (κ3) is 4.57. The van der Waals surface area contributed by atoms with E-state index in [1.165, 1.54) is 0 Å². The summed E-state index contributed by atoms with van der Waals surface area (Å²) >= 11 is 0. The lowest BCUT2D eigenvalue weighted by Gasteiger charge is -2.19. The highest BCUT2D eigenvalue weighted by atomic mass is 16.5. The van der Waals surface area contributed by atoms with E-state index in [2.05, 4.69) is 5.32 Å². The molecule has 6 heteroatoms. The van der Waals surface area contributed by atoms with Crippen LogP contribution in [0.2, 0.25) is 0 Å². The van der Waals surface area contributed by atoms with Crippen molar-refractivity contribution >= 4 is 29.2 Å². The number of para-hydroxylation sites is 1. The van der Waals surface area contributed by atoms with Crippen molar-refractivity contribution in [1.82, 2.24) is 0 Å². The molecule has 6 nitrogen and oxygen atoms in total. The first-order valence-electron chi connectivity index (χ1n) is 9.39. The SMILES string of the molecule is CCc1ccccc1N1C[C@@H](C(=O)OCC(=O)Nc2ccc(C)cc2)CC1=O. The highest BCUT2D eigenvalue weighted by molar-refractivity contribution is 6.00. The predicted molar refractivity (Wildman–Crippen MR) is 107 cm³/mol. The zero-order valence-corrected chi connectivity index (χ0v) is 16.1. The summed E-state index contributed by atoms with van der Waals surface area (Å²) in [6.07, 6.45) is 0.894. The molecule has 1 heterocycles. The molecule has 2 amide bonds. The highest BCUT2D eigenvalue weighted by Crippen LogP contribution is 2.29. The van der Waals surface area contributed by atoms with Crippen molar-refractivity contribution in [3.63, 3.8) is 0 Å². The summed E-state index contributed by atoms with van der Waals surface area (Å²) in [6, 6.07) is 15.0. The number of amides is 2. The van der Waals surface area contributed by atoms with Crippen LogP contribution in [0, 0.1) is 12.8 Å². The van der Waals surface area contributed by atoms with Gasteiger partial charge in [0.25, 0.3) is 5.91 Å². The molecule has 0 aliphatic carbocycles. The highest BCUT2D eigenvalue weighted by Gasteiger charge is 2.36. The second kappa shape index (κ2) is 8.69. The van der Waals surface area contributed by atoms with Gasteiger partial charge in [-0.1, -0.05) is 42.8 Å². The van der Waals surface area contributed by atoms with Crippen molar-refractivity contribution < 1.29 is 19.1 Å². The van der Waals surface area contributed by atoms with Crippen molar-refractivity contribution in [2.45, 2.75) is 26.7 Å². The third-order valence-corrected chi connectivity index (χ3v) is 4.80. The number of anilines is 2. The molecule has 0 radical (unpaired) electrons. The minimum Gasteiger partial charge on any atom is -0.455 e. The van der Waals surface area contributed by atoms with Gasteiger partial charge in [-0.15, -0.1) is 0 Å². The topological polar surface area (TPSA) is 75.7 Å². The van der Waals surface area contributed by atoms with Crippen LogP contribution in [0.15, 0.2) is 48.5 Å². The average molecular weight is 380 g/mol. The molecule has 146 valence electrons. The zero-order valence-electron chi connectivity index (χ0n) is 16.1. The van der Waals surface area contributed by atoms with E-state index in [1.54, 1.807) is 17.0 Å². The fourth-order valence-corrected chi connectivity index (χ4v) is 3.26. The number of esters is 1. The van der Waals surface area contributed by atoms with Crippen LogP contribution in [0.5, 0.6) is 0 Å². The molecule has 1 aliphatic rings.